The first-order chi connectivity index (χ1) is 11.7. The second-order valence-corrected chi connectivity index (χ2v) is 8.35. The summed E-state index contributed by atoms with van der Waals surface area (Å²) in [7, 11) is 1.17. The SMILES string of the molecule is COC(=O)c1cc(NC(=O)CSc2nc(C(C)(C)C)cs2)ccc1F. The molecule has 0 unspecified atom stereocenters. The summed E-state index contributed by atoms with van der Waals surface area (Å²) in [6.45, 7) is 6.24. The molecule has 2 aromatic rings. The standard InChI is InChI=1S/C17H19FN2O3S2/c1-17(2,3)13-8-24-16(20-13)25-9-14(21)19-10-5-6-12(18)11(7-10)15(22)23-4/h5-8H,9H2,1-4H3,(H,19,21). The highest BCUT2D eigenvalue weighted by Crippen LogP contribution is 2.29. The third kappa shape index (κ3) is 5.27. The zero-order chi connectivity index (χ0) is 18.6. The Bertz CT molecular complexity index is 784. The summed E-state index contributed by atoms with van der Waals surface area (Å²) in [4.78, 5) is 28.1. The normalized spacial score (nSPS) is 11.2. The fourth-order valence-electron chi connectivity index (χ4n) is 1.86. The fraction of sp³-hybridized carbons (Fsp3) is 0.353. The molecule has 1 aromatic carbocycles. The quantitative estimate of drug-likeness (QED) is 0.623. The average molecular weight is 382 g/mol. The molecular formula is C17H19FN2O3S2. The zero-order valence-corrected chi connectivity index (χ0v) is 16.0. The van der Waals surface area contributed by atoms with Gasteiger partial charge in [0.25, 0.3) is 0 Å². The van der Waals surface area contributed by atoms with Gasteiger partial charge in [0.1, 0.15) is 5.82 Å². The van der Waals surface area contributed by atoms with Crippen LogP contribution in [0.3, 0.4) is 0 Å². The van der Waals surface area contributed by atoms with Gasteiger partial charge in [0.05, 0.1) is 24.1 Å². The number of carbonyl (C=O) groups is 2. The molecule has 1 amide bonds. The number of nitrogens with one attached hydrogen (secondary N) is 1. The van der Waals surface area contributed by atoms with E-state index in [0.29, 0.717) is 5.69 Å². The Morgan fingerprint density at radius 1 is 1.36 bits per heavy atom. The summed E-state index contributed by atoms with van der Waals surface area (Å²) < 4.78 is 18.9. The highest BCUT2D eigenvalue weighted by Gasteiger charge is 2.18. The maximum absolute atomic E-state index is 13.6. The van der Waals surface area contributed by atoms with Crippen LogP contribution in [0.2, 0.25) is 0 Å². The van der Waals surface area contributed by atoms with Gasteiger partial charge < -0.3 is 10.1 Å². The van der Waals surface area contributed by atoms with Crippen molar-refractivity contribution in [1.82, 2.24) is 4.98 Å². The van der Waals surface area contributed by atoms with Crippen molar-refractivity contribution in [3.63, 3.8) is 0 Å². The van der Waals surface area contributed by atoms with Crippen LogP contribution in [0, 0.1) is 5.82 Å². The van der Waals surface area contributed by atoms with Gasteiger partial charge in [0, 0.05) is 16.5 Å². The lowest BCUT2D eigenvalue weighted by Crippen LogP contribution is -2.15. The highest BCUT2D eigenvalue weighted by molar-refractivity contribution is 8.01. The van der Waals surface area contributed by atoms with Crippen molar-refractivity contribution in [3.8, 4) is 0 Å². The third-order valence-corrected chi connectivity index (χ3v) is 5.25. The molecule has 0 aliphatic carbocycles. The van der Waals surface area contributed by atoms with Gasteiger partial charge in [0.15, 0.2) is 4.34 Å². The van der Waals surface area contributed by atoms with Gasteiger partial charge in [-0.3, -0.25) is 4.79 Å². The second kappa shape index (κ2) is 7.97. The molecule has 1 N–H and O–H groups in total. The number of ether oxygens (including phenoxy) is 1. The number of benzene rings is 1. The van der Waals surface area contributed by atoms with Gasteiger partial charge in [-0.15, -0.1) is 11.3 Å². The highest BCUT2D eigenvalue weighted by atomic mass is 32.2. The fourth-order valence-corrected chi connectivity index (χ4v) is 3.71. The third-order valence-electron chi connectivity index (χ3n) is 3.23. The van der Waals surface area contributed by atoms with Gasteiger partial charge >= 0.3 is 5.97 Å². The molecular weight excluding hydrogens is 363 g/mol. The van der Waals surface area contributed by atoms with Crippen LogP contribution in [0.4, 0.5) is 10.1 Å². The average Bonchev–Trinajstić information content (AvgIpc) is 3.03. The number of esters is 1. The summed E-state index contributed by atoms with van der Waals surface area (Å²) >= 11 is 2.83. The van der Waals surface area contributed by atoms with Crippen molar-refractivity contribution in [2.24, 2.45) is 0 Å². The van der Waals surface area contributed by atoms with Crippen molar-refractivity contribution in [3.05, 3.63) is 40.7 Å². The number of thiazole rings is 1. The minimum Gasteiger partial charge on any atom is -0.465 e. The van der Waals surface area contributed by atoms with Crippen LogP contribution in [0.5, 0.6) is 0 Å². The smallest absolute Gasteiger partial charge is 0.340 e. The summed E-state index contributed by atoms with van der Waals surface area (Å²) in [5, 5.41) is 4.63. The van der Waals surface area contributed by atoms with E-state index in [4.69, 9.17) is 0 Å². The lowest BCUT2D eigenvalue weighted by atomic mass is 9.93. The Labute approximate surface area is 154 Å². The number of hydrogen-bond donors (Lipinski definition) is 1. The number of nitrogens with zero attached hydrogens (tertiary/aromatic N) is 1. The van der Waals surface area contributed by atoms with Crippen molar-refractivity contribution < 1.29 is 18.7 Å². The van der Waals surface area contributed by atoms with E-state index >= 15 is 0 Å². The Hall–Kier alpha value is -1.93. The number of halogens is 1. The van der Waals surface area contributed by atoms with Crippen LogP contribution in [0.15, 0.2) is 27.9 Å². The number of carbonyl (C=O) groups excluding carboxylic acids is 2. The van der Waals surface area contributed by atoms with E-state index in [1.807, 2.05) is 5.38 Å². The Kier molecular flexibility index (Phi) is 6.18. The molecule has 2 rings (SSSR count). The molecule has 0 bridgehead atoms. The zero-order valence-electron chi connectivity index (χ0n) is 14.4. The molecule has 1 aromatic heterocycles. The van der Waals surface area contributed by atoms with E-state index in [1.165, 1.54) is 42.3 Å². The monoisotopic (exact) mass is 382 g/mol. The first kappa shape index (κ1) is 19.4. The number of methoxy groups -OCH3 is 1. The van der Waals surface area contributed by atoms with Gasteiger partial charge in [-0.2, -0.15) is 0 Å². The number of amides is 1. The molecule has 25 heavy (non-hydrogen) atoms. The molecule has 0 aliphatic heterocycles. The van der Waals surface area contributed by atoms with Crippen molar-refractivity contribution >= 4 is 40.7 Å². The minimum absolute atomic E-state index is 0.0318. The van der Waals surface area contributed by atoms with Gasteiger partial charge in [0.2, 0.25) is 5.91 Å². The van der Waals surface area contributed by atoms with Gasteiger partial charge in [-0.05, 0) is 18.2 Å². The van der Waals surface area contributed by atoms with E-state index in [2.05, 4.69) is 35.8 Å². The van der Waals surface area contributed by atoms with Crippen LogP contribution < -0.4 is 5.32 Å². The van der Waals surface area contributed by atoms with Crippen LogP contribution in [0.25, 0.3) is 0 Å². The molecule has 0 radical (unpaired) electrons. The van der Waals surface area contributed by atoms with E-state index < -0.39 is 11.8 Å². The summed E-state index contributed by atoms with van der Waals surface area (Å²) in [5.74, 6) is -1.58. The lowest BCUT2D eigenvalue weighted by Gasteiger charge is -2.14. The van der Waals surface area contributed by atoms with Crippen molar-refractivity contribution in [2.75, 3.05) is 18.2 Å². The molecule has 0 saturated carbocycles. The molecule has 0 saturated heterocycles. The molecule has 0 atom stereocenters. The van der Waals surface area contributed by atoms with E-state index in [9.17, 15) is 14.0 Å². The van der Waals surface area contributed by atoms with Crippen molar-refractivity contribution in [2.45, 2.75) is 30.5 Å². The number of hydrogen-bond acceptors (Lipinski definition) is 6. The van der Waals surface area contributed by atoms with Crippen LogP contribution in [0.1, 0.15) is 36.8 Å². The minimum atomic E-state index is -0.791. The van der Waals surface area contributed by atoms with Crippen LogP contribution in [-0.2, 0) is 14.9 Å². The summed E-state index contributed by atoms with van der Waals surface area (Å²) in [5.41, 5.74) is 1.07. The maximum atomic E-state index is 13.6. The van der Waals surface area contributed by atoms with E-state index in [1.54, 1.807) is 0 Å². The predicted molar refractivity (Wildman–Crippen MR) is 97.9 cm³/mol. The molecule has 5 nitrogen and oxygen atoms in total. The van der Waals surface area contributed by atoms with Crippen LogP contribution in [-0.4, -0.2) is 29.7 Å². The van der Waals surface area contributed by atoms with Gasteiger partial charge in [-0.1, -0.05) is 32.5 Å². The number of anilines is 1. The van der Waals surface area contributed by atoms with Gasteiger partial charge in [-0.25, -0.2) is 14.2 Å². The molecule has 1 heterocycles. The van der Waals surface area contributed by atoms with Crippen molar-refractivity contribution in [1.29, 1.82) is 0 Å². The predicted octanol–water partition coefficient (Wildman–Crippen LogP) is 4.10. The number of aromatic nitrogens is 1. The lowest BCUT2D eigenvalue weighted by molar-refractivity contribution is -0.113. The molecule has 8 heteroatoms. The first-order valence-corrected chi connectivity index (χ1v) is 9.33. The summed E-state index contributed by atoms with van der Waals surface area (Å²) in [6.07, 6.45) is 0. The number of rotatable bonds is 5. The van der Waals surface area contributed by atoms with E-state index in [0.717, 1.165) is 16.1 Å². The summed E-state index contributed by atoms with van der Waals surface area (Å²) in [6, 6.07) is 3.77. The molecule has 0 aliphatic rings. The second-order valence-electron chi connectivity index (χ2n) is 6.27. The largest absolute Gasteiger partial charge is 0.465 e. The van der Waals surface area contributed by atoms with E-state index in [-0.39, 0.29) is 22.6 Å². The Balaban J connectivity index is 1.96. The topological polar surface area (TPSA) is 68.3 Å². The van der Waals surface area contributed by atoms with Crippen LogP contribution >= 0.6 is 23.1 Å². The first-order valence-electron chi connectivity index (χ1n) is 7.47. The molecule has 0 fully saturated rings. The maximum Gasteiger partial charge on any atom is 0.340 e. The molecule has 0 spiro atoms. The Morgan fingerprint density at radius 3 is 2.68 bits per heavy atom. The Morgan fingerprint density at radius 2 is 2.08 bits per heavy atom. The molecule has 134 valence electrons. The number of thioether (sulfide) groups is 1.